The molecule has 1 aromatic carbocycles. The van der Waals surface area contributed by atoms with Gasteiger partial charge in [-0.3, -0.25) is 4.79 Å². The summed E-state index contributed by atoms with van der Waals surface area (Å²) in [5, 5.41) is -0.0569. The van der Waals surface area contributed by atoms with Gasteiger partial charge in [0.05, 0.1) is 6.26 Å². The number of ether oxygens (including phenoxy) is 2. The summed E-state index contributed by atoms with van der Waals surface area (Å²) in [7, 11) is 0. The van der Waals surface area contributed by atoms with Crippen LogP contribution >= 0.6 is 11.8 Å². The van der Waals surface area contributed by atoms with Gasteiger partial charge in [-0.25, -0.2) is 0 Å². The maximum absolute atomic E-state index is 12.1. The van der Waals surface area contributed by atoms with E-state index in [4.69, 9.17) is 9.47 Å². The molecule has 1 aromatic rings. The lowest BCUT2D eigenvalue weighted by molar-refractivity contribution is -0.128. The van der Waals surface area contributed by atoms with E-state index in [2.05, 4.69) is 6.58 Å². The van der Waals surface area contributed by atoms with E-state index < -0.39 is 11.2 Å². The van der Waals surface area contributed by atoms with Crippen molar-refractivity contribution >= 4 is 28.8 Å². The van der Waals surface area contributed by atoms with E-state index in [0.29, 0.717) is 31.3 Å². The Balaban J connectivity index is 1.94. The molecule has 0 saturated carbocycles. The van der Waals surface area contributed by atoms with Crippen LogP contribution in [0.2, 0.25) is 0 Å². The summed E-state index contributed by atoms with van der Waals surface area (Å²) in [6.07, 6.45) is 3.22. The Morgan fingerprint density at radius 3 is 2.83 bits per heavy atom. The Bertz CT molecular complexity index is 539. The number of benzene rings is 1. The molecule has 126 valence electrons. The largest absolute Gasteiger partial charge is 0.616 e. The van der Waals surface area contributed by atoms with E-state index >= 15 is 0 Å². The lowest BCUT2D eigenvalue weighted by atomic mass is 10.3. The van der Waals surface area contributed by atoms with Crippen LogP contribution in [0.25, 0.3) is 0 Å². The lowest BCUT2D eigenvalue weighted by Crippen LogP contribution is -2.41. The third-order valence-corrected chi connectivity index (χ3v) is 5.07. The first-order valence-electron chi connectivity index (χ1n) is 7.28. The normalized spacial score (nSPS) is 18.5. The van der Waals surface area contributed by atoms with E-state index in [1.165, 1.54) is 0 Å². The molecule has 2 atom stereocenters. The van der Waals surface area contributed by atoms with Crippen LogP contribution in [0, 0.1) is 0 Å². The van der Waals surface area contributed by atoms with Crippen molar-refractivity contribution < 1.29 is 18.8 Å². The number of carbonyl (C=O) groups excluding carboxylic acids is 1. The molecule has 1 aliphatic rings. The van der Waals surface area contributed by atoms with Crippen LogP contribution in [-0.4, -0.2) is 58.3 Å². The first kappa shape index (κ1) is 18.0. The molecule has 23 heavy (non-hydrogen) atoms. The third kappa shape index (κ3) is 5.37. The zero-order valence-corrected chi connectivity index (χ0v) is 14.7. The molecule has 1 fully saturated rings. The summed E-state index contributed by atoms with van der Waals surface area (Å²) in [5.74, 6) is 2.15. The van der Waals surface area contributed by atoms with Gasteiger partial charge in [0.2, 0.25) is 0 Å². The number of hydrogen-bond donors (Lipinski definition) is 0. The van der Waals surface area contributed by atoms with Crippen LogP contribution < -0.4 is 9.47 Å². The molecule has 0 bridgehead atoms. The molecule has 0 aliphatic carbocycles. The number of carbonyl (C=O) groups is 1. The molecule has 7 heteroatoms. The van der Waals surface area contributed by atoms with Crippen LogP contribution in [0.1, 0.15) is 0 Å². The molecule has 1 saturated heterocycles. The Morgan fingerprint density at radius 1 is 1.48 bits per heavy atom. The van der Waals surface area contributed by atoms with Gasteiger partial charge < -0.3 is 18.9 Å². The summed E-state index contributed by atoms with van der Waals surface area (Å²) in [4.78, 5) is 13.9. The quantitative estimate of drug-likeness (QED) is 0.527. The topological polar surface area (TPSA) is 61.8 Å². The molecule has 0 N–H and O–H groups in total. The van der Waals surface area contributed by atoms with E-state index in [1.54, 1.807) is 29.0 Å². The second kappa shape index (κ2) is 9.10. The molecule has 2 rings (SSSR count). The monoisotopic (exact) mass is 355 g/mol. The maximum Gasteiger partial charge on any atom is 0.273 e. The third-order valence-electron chi connectivity index (χ3n) is 3.22. The highest BCUT2D eigenvalue weighted by atomic mass is 32.2. The number of nitrogens with zero attached hydrogens (tertiary/aromatic N) is 1. The van der Waals surface area contributed by atoms with Gasteiger partial charge in [-0.05, 0) is 23.3 Å². The fourth-order valence-corrected chi connectivity index (χ4v) is 3.85. The minimum Gasteiger partial charge on any atom is -0.616 e. The Hall–Kier alpha value is -1.31. The van der Waals surface area contributed by atoms with Gasteiger partial charge in [0.15, 0.2) is 17.3 Å². The van der Waals surface area contributed by atoms with Crippen molar-refractivity contribution in [3.8, 4) is 11.5 Å². The molecular weight excluding hydrogens is 334 g/mol. The summed E-state index contributed by atoms with van der Waals surface area (Å²) >= 11 is 0.548. The van der Waals surface area contributed by atoms with E-state index in [-0.39, 0.29) is 17.0 Å². The van der Waals surface area contributed by atoms with Gasteiger partial charge in [0.1, 0.15) is 18.6 Å². The van der Waals surface area contributed by atoms with Crippen LogP contribution in [0.4, 0.5) is 0 Å². The second-order valence-electron chi connectivity index (χ2n) is 4.99. The minimum absolute atomic E-state index is 0.0569. The van der Waals surface area contributed by atoms with Crippen molar-refractivity contribution in [3.63, 3.8) is 0 Å². The predicted molar refractivity (Wildman–Crippen MR) is 94.5 cm³/mol. The summed E-state index contributed by atoms with van der Waals surface area (Å²) in [6.45, 7) is 5.08. The zero-order chi connectivity index (χ0) is 16.7. The summed E-state index contributed by atoms with van der Waals surface area (Å²) in [5.41, 5.74) is 0. The standard InChI is InChI=1S/C16H21NO4S2/c1-3-9-20-13-6-4-5-7-14(13)21-11-16-17(8-10-22-16)15(18)12-23(2)19/h3-7,16H,1,8-12H2,2H3/t16-,23+/m1/s1. The molecule has 1 amide bonds. The number of para-hydroxylation sites is 2. The Labute approximate surface area is 144 Å². The van der Waals surface area contributed by atoms with Crippen molar-refractivity contribution in [1.82, 2.24) is 4.90 Å². The second-order valence-corrected chi connectivity index (χ2v) is 7.71. The van der Waals surface area contributed by atoms with E-state index in [1.807, 2.05) is 24.3 Å². The average Bonchev–Trinajstić information content (AvgIpc) is 2.99. The maximum atomic E-state index is 12.1. The van der Waals surface area contributed by atoms with Crippen molar-refractivity contribution in [2.24, 2.45) is 0 Å². The fraction of sp³-hybridized carbons (Fsp3) is 0.438. The summed E-state index contributed by atoms with van der Waals surface area (Å²) < 4.78 is 22.7. The molecule has 1 heterocycles. The van der Waals surface area contributed by atoms with Crippen molar-refractivity contribution in [1.29, 1.82) is 0 Å². The number of rotatable bonds is 8. The SMILES string of the molecule is C=CCOc1ccccc1OC[C@H]1SCCN1C(=O)C[S@+](C)[O-]. The molecular formula is C16H21NO4S2. The fourth-order valence-electron chi connectivity index (χ4n) is 2.20. The first-order chi connectivity index (χ1) is 11.1. The summed E-state index contributed by atoms with van der Waals surface area (Å²) in [6, 6.07) is 7.43. The highest BCUT2D eigenvalue weighted by Crippen LogP contribution is 2.29. The smallest absolute Gasteiger partial charge is 0.273 e. The molecule has 1 aliphatic heterocycles. The number of hydrogen-bond acceptors (Lipinski definition) is 5. The highest BCUT2D eigenvalue weighted by molar-refractivity contribution is 8.00. The highest BCUT2D eigenvalue weighted by Gasteiger charge is 2.31. The Morgan fingerprint density at radius 2 is 2.17 bits per heavy atom. The van der Waals surface area contributed by atoms with Gasteiger partial charge >= 0.3 is 0 Å². The van der Waals surface area contributed by atoms with E-state index in [0.717, 1.165) is 5.75 Å². The van der Waals surface area contributed by atoms with Gasteiger partial charge in [-0.2, -0.15) is 0 Å². The molecule has 0 radical (unpaired) electrons. The molecule has 0 spiro atoms. The predicted octanol–water partition coefficient (Wildman–Crippen LogP) is 1.91. The molecule has 0 aromatic heterocycles. The van der Waals surface area contributed by atoms with Crippen LogP contribution in [0.15, 0.2) is 36.9 Å². The lowest BCUT2D eigenvalue weighted by Gasteiger charge is -2.24. The van der Waals surface area contributed by atoms with Crippen molar-refractivity contribution in [2.75, 3.05) is 37.5 Å². The molecule has 0 unspecified atom stereocenters. The van der Waals surface area contributed by atoms with Crippen LogP contribution in [-0.2, 0) is 16.0 Å². The molecule has 5 nitrogen and oxygen atoms in total. The van der Waals surface area contributed by atoms with Gasteiger partial charge in [0.25, 0.3) is 5.91 Å². The first-order valence-corrected chi connectivity index (χ1v) is 10.1. The van der Waals surface area contributed by atoms with Crippen LogP contribution in [0.5, 0.6) is 11.5 Å². The van der Waals surface area contributed by atoms with Crippen LogP contribution in [0.3, 0.4) is 0 Å². The zero-order valence-electron chi connectivity index (χ0n) is 13.1. The van der Waals surface area contributed by atoms with Gasteiger partial charge in [-0.15, -0.1) is 11.8 Å². The van der Waals surface area contributed by atoms with E-state index in [9.17, 15) is 9.35 Å². The van der Waals surface area contributed by atoms with Crippen molar-refractivity contribution in [2.45, 2.75) is 5.37 Å². The average molecular weight is 355 g/mol. The van der Waals surface area contributed by atoms with Gasteiger partial charge in [0, 0.05) is 12.3 Å². The minimum atomic E-state index is -1.12. The number of amides is 1. The van der Waals surface area contributed by atoms with Crippen molar-refractivity contribution in [3.05, 3.63) is 36.9 Å². The Kier molecular flexibility index (Phi) is 7.14. The number of thioether (sulfide) groups is 1. The van der Waals surface area contributed by atoms with Gasteiger partial charge in [-0.1, -0.05) is 24.8 Å².